The zero-order valence-electron chi connectivity index (χ0n) is 9.72. The van der Waals surface area contributed by atoms with E-state index >= 15 is 0 Å². The molecular formula is C13H17NO2. The molecule has 2 rings (SSSR count). The monoisotopic (exact) mass is 219 g/mol. The van der Waals surface area contributed by atoms with Crippen LogP contribution in [-0.4, -0.2) is 22.9 Å². The maximum absolute atomic E-state index is 12.0. The summed E-state index contributed by atoms with van der Waals surface area (Å²) >= 11 is 0. The average Bonchev–Trinajstić information content (AvgIpc) is 2.92. The number of furan rings is 1. The normalized spacial score (nSPS) is 15.9. The fourth-order valence-electron chi connectivity index (χ4n) is 1.83. The maximum Gasteiger partial charge on any atom is 0.247 e. The number of rotatable bonds is 4. The van der Waals surface area contributed by atoms with Crippen LogP contribution in [0.5, 0.6) is 0 Å². The molecular weight excluding hydrogens is 202 g/mol. The van der Waals surface area contributed by atoms with Crippen LogP contribution in [0.3, 0.4) is 0 Å². The summed E-state index contributed by atoms with van der Waals surface area (Å²) in [5.41, 5.74) is 0. The molecule has 1 fully saturated rings. The first-order valence-corrected chi connectivity index (χ1v) is 5.72. The van der Waals surface area contributed by atoms with Crippen LogP contribution in [0.1, 0.15) is 32.4 Å². The molecule has 1 saturated carbocycles. The van der Waals surface area contributed by atoms with Crippen molar-refractivity contribution in [1.82, 2.24) is 4.90 Å². The molecule has 86 valence electrons. The van der Waals surface area contributed by atoms with Crippen molar-refractivity contribution in [2.45, 2.75) is 38.8 Å². The van der Waals surface area contributed by atoms with Gasteiger partial charge in [-0.1, -0.05) is 0 Å². The number of carbonyl (C=O) groups excluding carboxylic acids is 1. The van der Waals surface area contributed by atoms with Gasteiger partial charge in [-0.2, -0.15) is 0 Å². The second-order valence-electron chi connectivity index (χ2n) is 4.42. The molecule has 3 nitrogen and oxygen atoms in total. The van der Waals surface area contributed by atoms with Crippen molar-refractivity contribution in [2.24, 2.45) is 0 Å². The molecule has 0 aliphatic heterocycles. The summed E-state index contributed by atoms with van der Waals surface area (Å²) in [6.45, 7) is 4.11. The lowest BCUT2D eigenvalue weighted by molar-refractivity contribution is -0.128. The van der Waals surface area contributed by atoms with Gasteiger partial charge in [-0.25, -0.2) is 0 Å². The van der Waals surface area contributed by atoms with Gasteiger partial charge < -0.3 is 9.32 Å². The molecule has 1 aromatic rings. The summed E-state index contributed by atoms with van der Waals surface area (Å²) in [5.74, 6) is 0.793. The molecule has 1 heterocycles. The van der Waals surface area contributed by atoms with Gasteiger partial charge in [-0.3, -0.25) is 4.79 Å². The highest BCUT2D eigenvalue weighted by atomic mass is 16.3. The van der Waals surface area contributed by atoms with Crippen molar-refractivity contribution in [2.75, 3.05) is 0 Å². The summed E-state index contributed by atoms with van der Waals surface area (Å²) in [7, 11) is 0. The molecule has 1 aliphatic rings. The summed E-state index contributed by atoms with van der Waals surface area (Å²) in [6, 6.07) is 4.36. The molecule has 0 bridgehead atoms. The molecule has 0 atom stereocenters. The Morgan fingerprint density at radius 3 is 2.81 bits per heavy atom. The average molecular weight is 219 g/mol. The minimum Gasteiger partial charge on any atom is -0.465 e. The third-order valence-electron chi connectivity index (χ3n) is 2.68. The molecule has 1 amide bonds. The van der Waals surface area contributed by atoms with Crippen molar-refractivity contribution in [1.29, 1.82) is 0 Å². The van der Waals surface area contributed by atoms with Gasteiger partial charge in [0.15, 0.2) is 0 Å². The highest BCUT2D eigenvalue weighted by Gasteiger charge is 2.33. The van der Waals surface area contributed by atoms with Crippen LogP contribution >= 0.6 is 0 Å². The lowest BCUT2D eigenvalue weighted by atomic mass is 10.3. The van der Waals surface area contributed by atoms with Crippen LogP contribution in [0.4, 0.5) is 0 Å². The number of hydrogen-bond donors (Lipinski definition) is 0. The van der Waals surface area contributed by atoms with Gasteiger partial charge in [0.1, 0.15) is 5.76 Å². The summed E-state index contributed by atoms with van der Waals surface area (Å²) < 4.78 is 5.14. The van der Waals surface area contributed by atoms with Crippen molar-refractivity contribution in [3.63, 3.8) is 0 Å². The second kappa shape index (κ2) is 4.56. The maximum atomic E-state index is 12.0. The van der Waals surface area contributed by atoms with E-state index < -0.39 is 0 Å². The van der Waals surface area contributed by atoms with Crippen LogP contribution in [-0.2, 0) is 4.79 Å². The van der Waals surface area contributed by atoms with Gasteiger partial charge in [0.25, 0.3) is 0 Å². The van der Waals surface area contributed by atoms with E-state index in [1.165, 1.54) is 0 Å². The van der Waals surface area contributed by atoms with Crippen molar-refractivity contribution >= 4 is 12.0 Å². The Bertz CT molecular complexity index is 373. The van der Waals surface area contributed by atoms with E-state index in [0.29, 0.717) is 11.8 Å². The largest absolute Gasteiger partial charge is 0.465 e. The predicted molar refractivity (Wildman–Crippen MR) is 62.7 cm³/mol. The fraction of sp³-hybridized carbons (Fsp3) is 0.462. The van der Waals surface area contributed by atoms with Gasteiger partial charge in [0.05, 0.1) is 6.26 Å². The highest BCUT2D eigenvalue weighted by Crippen LogP contribution is 2.28. The van der Waals surface area contributed by atoms with E-state index in [2.05, 4.69) is 13.8 Å². The van der Waals surface area contributed by atoms with E-state index in [9.17, 15) is 4.79 Å². The molecule has 0 spiro atoms. The fourth-order valence-corrected chi connectivity index (χ4v) is 1.83. The molecule has 0 radical (unpaired) electrons. The number of carbonyl (C=O) groups is 1. The summed E-state index contributed by atoms with van der Waals surface area (Å²) in [6.07, 6.45) is 7.19. The van der Waals surface area contributed by atoms with Gasteiger partial charge in [0, 0.05) is 18.2 Å². The van der Waals surface area contributed by atoms with E-state index in [1.54, 1.807) is 18.4 Å². The Morgan fingerprint density at radius 2 is 2.31 bits per heavy atom. The lowest BCUT2D eigenvalue weighted by Crippen LogP contribution is -2.37. The first-order chi connectivity index (χ1) is 7.68. The number of amides is 1. The Balaban J connectivity index is 2.00. The standard InChI is InChI=1S/C13H17NO2/c1-10(2)14(11-5-6-11)13(15)8-7-12-4-3-9-16-12/h3-4,7-11H,5-6H2,1-2H3/b8-7+. The number of nitrogens with zero attached hydrogens (tertiary/aromatic N) is 1. The third kappa shape index (κ3) is 2.54. The smallest absolute Gasteiger partial charge is 0.247 e. The Morgan fingerprint density at radius 1 is 1.56 bits per heavy atom. The van der Waals surface area contributed by atoms with Crippen LogP contribution in [0.15, 0.2) is 28.9 Å². The van der Waals surface area contributed by atoms with Gasteiger partial charge in [0.2, 0.25) is 5.91 Å². The van der Waals surface area contributed by atoms with Crippen LogP contribution in [0, 0.1) is 0 Å². The van der Waals surface area contributed by atoms with Crippen LogP contribution < -0.4 is 0 Å². The number of hydrogen-bond acceptors (Lipinski definition) is 2. The van der Waals surface area contributed by atoms with Gasteiger partial charge in [-0.15, -0.1) is 0 Å². The first kappa shape index (κ1) is 11.0. The molecule has 1 aromatic heterocycles. The topological polar surface area (TPSA) is 33.5 Å². The Hall–Kier alpha value is -1.51. The predicted octanol–water partition coefficient (Wildman–Crippen LogP) is 2.69. The van der Waals surface area contributed by atoms with Crippen LogP contribution in [0.2, 0.25) is 0 Å². The van der Waals surface area contributed by atoms with E-state index in [4.69, 9.17) is 4.42 Å². The van der Waals surface area contributed by atoms with Crippen molar-refractivity contribution < 1.29 is 9.21 Å². The zero-order chi connectivity index (χ0) is 11.5. The molecule has 0 N–H and O–H groups in total. The van der Waals surface area contributed by atoms with E-state index in [-0.39, 0.29) is 11.9 Å². The second-order valence-corrected chi connectivity index (χ2v) is 4.42. The van der Waals surface area contributed by atoms with Crippen molar-refractivity contribution in [3.8, 4) is 0 Å². The minimum atomic E-state index is 0.0777. The highest BCUT2D eigenvalue weighted by molar-refractivity contribution is 5.92. The van der Waals surface area contributed by atoms with E-state index in [1.807, 2.05) is 17.0 Å². The first-order valence-electron chi connectivity index (χ1n) is 5.72. The van der Waals surface area contributed by atoms with Crippen LogP contribution in [0.25, 0.3) is 6.08 Å². The Labute approximate surface area is 95.7 Å². The summed E-state index contributed by atoms with van der Waals surface area (Å²) in [4.78, 5) is 13.9. The van der Waals surface area contributed by atoms with E-state index in [0.717, 1.165) is 12.8 Å². The molecule has 3 heteroatoms. The van der Waals surface area contributed by atoms with Crippen molar-refractivity contribution in [3.05, 3.63) is 30.2 Å². The lowest BCUT2D eigenvalue weighted by Gasteiger charge is -2.25. The molecule has 0 saturated heterocycles. The summed E-state index contributed by atoms with van der Waals surface area (Å²) in [5, 5.41) is 0. The van der Waals surface area contributed by atoms with Gasteiger partial charge >= 0.3 is 0 Å². The molecule has 1 aliphatic carbocycles. The molecule has 0 aromatic carbocycles. The zero-order valence-corrected chi connectivity index (χ0v) is 9.72. The van der Waals surface area contributed by atoms with Gasteiger partial charge in [-0.05, 0) is 44.9 Å². The minimum absolute atomic E-state index is 0.0777. The third-order valence-corrected chi connectivity index (χ3v) is 2.68. The molecule has 16 heavy (non-hydrogen) atoms. The Kier molecular flexibility index (Phi) is 3.13. The quantitative estimate of drug-likeness (QED) is 0.729. The molecule has 0 unspecified atom stereocenters. The SMILES string of the molecule is CC(C)N(C(=O)/C=C/c1ccco1)C1CC1.